The van der Waals surface area contributed by atoms with Gasteiger partial charge >= 0.3 is 0 Å². The van der Waals surface area contributed by atoms with Gasteiger partial charge in [-0.15, -0.1) is 0 Å². The summed E-state index contributed by atoms with van der Waals surface area (Å²) in [6, 6.07) is 0. The van der Waals surface area contributed by atoms with Crippen LogP contribution in [0.2, 0.25) is 0 Å². The van der Waals surface area contributed by atoms with Crippen LogP contribution in [0.15, 0.2) is 0 Å². The summed E-state index contributed by atoms with van der Waals surface area (Å²) in [7, 11) is 0. The summed E-state index contributed by atoms with van der Waals surface area (Å²) in [6.07, 6.45) is 0.502. The first-order chi connectivity index (χ1) is 7.67. The Morgan fingerprint density at radius 1 is 1.38 bits per heavy atom. The van der Waals surface area contributed by atoms with Crippen LogP contribution in [0.1, 0.15) is 27.2 Å². The van der Waals surface area contributed by atoms with E-state index >= 15 is 0 Å². The molecule has 0 aromatic carbocycles. The fraction of sp³-hybridized carbons (Fsp3) is 0.917. The Bertz CT molecular complexity index is 214. The van der Waals surface area contributed by atoms with Crippen LogP contribution in [0, 0.1) is 5.92 Å². The van der Waals surface area contributed by atoms with Crippen molar-refractivity contribution in [3.05, 3.63) is 0 Å². The van der Waals surface area contributed by atoms with Gasteiger partial charge < -0.3 is 9.47 Å². The number of ether oxygens (including phenoxy) is 2. The molecule has 0 radical (unpaired) electrons. The van der Waals surface area contributed by atoms with Gasteiger partial charge in [0.05, 0.1) is 0 Å². The first-order valence-corrected chi connectivity index (χ1v) is 6.15. The molecular weight excluding hydrogens is 206 g/mol. The largest absolute Gasteiger partial charge is 0.352 e. The number of carbonyl (C=O) groups is 1. The van der Waals surface area contributed by atoms with Crippen molar-refractivity contribution in [2.45, 2.75) is 33.5 Å². The molecule has 0 saturated carbocycles. The number of carbonyl (C=O) groups excluding carboxylic acids is 1. The van der Waals surface area contributed by atoms with Crippen LogP contribution < -0.4 is 0 Å². The monoisotopic (exact) mass is 229 g/mol. The lowest BCUT2D eigenvalue weighted by atomic mass is 9.99. The Hall–Kier alpha value is -0.450. The van der Waals surface area contributed by atoms with Crippen LogP contribution in [0.25, 0.3) is 0 Å². The number of hydrogen-bond acceptors (Lipinski definition) is 4. The van der Waals surface area contributed by atoms with E-state index < -0.39 is 0 Å². The van der Waals surface area contributed by atoms with Crippen molar-refractivity contribution in [1.29, 1.82) is 0 Å². The second-order valence-electron chi connectivity index (χ2n) is 4.22. The predicted octanol–water partition coefficient (Wildman–Crippen LogP) is 1.30. The summed E-state index contributed by atoms with van der Waals surface area (Å²) in [6.45, 7) is 9.67. The summed E-state index contributed by atoms with van der Waals surface area (Å²) < 4.78 is 11.0. The highest BCUT2D eigenvalue weighted by Gasteiger charge is 2.25. The molecule has 4 nitrogen and oxygen atoms in total. The van der Waals surface area contributed by atoms with Gasteiger partial charge in [-0.2, -0.15) is 0 Å². The van der Waals surface area contributed by atoms with Gasteiger partial charge in [0.25, 0.3) is 0 Å². The number of nitrogens with zero attached hydrogens (tertiary/aromatic N) is 1. The van der Waals surface area contributed by atoms with Crippen LogP contribution in [-0.2, 0) is 14.3 Å². The van der Waals surface area contributed by atoms with Crippen molar-refractivity contribution in [2.24, 2.45) is 5.92 Å². The zero-order valence-corrected chi connectivity index (χ0v) is 10.6. The Labute approximate surface area is 97.9 Å². The highest BCUT2D eigenvalue weighted by Crippen LogP contribution is 2.13. The minimum atomic E-state index is -0.157. The van der Waals surface area contributed by atoms with Gasteiger partial charge in [0.15, 0.2) is 6.29 Å². The highest BCUT2D eigenvalue weighted by molar-refractivity contribution is 5.81. The Morgan fingerprint density at radius 3 is 2.50 bits per heavy atom. The summed E-state index contributed by atoms with van der Waals surface area (Å²) in [4.78, 5) is 13.6. The van der Waals surface area contributed by atoms with Crippen molar-refractivity contribution >= 4 is 5.78 Å². The molecular formula is C12H23NO3. The first-order valence-electron chi connectivity index (χ1n) is 6.15. The van der Waals surface area contributed by atoms with Gasteiger partial charge in [-0.1, -0.05) is 6.92 Å². The first kappa shape index (κ1) is 13.6. The molecule has 0 aliphatic carbocycles. The van der Waals surface area contributed by atoms with Gasteiger partial charge in [0, 0.05) is 45.2 Å². The fourth-order valence-electron chi connectivity index (χ4n) is 2.00. The van der Waals surface area contributed by atoms with Gasteiger partial charge in [-0.3, -0.25) is 9.69 Å². The zero-order valence-electron chi connectivity index (χ0n) is 10.6. The second-order valence-corrected chi connectivity index (χ2v) is 4.22. The van der Waals surface area contributed by atoms with Gasteiger partial charge in [-0.05, 0) is 13.8 Å². The smallest absolute Gasteiger partial charge is 0.170 e. The molecule has 1 fully saturated rings. The zero-order chi connectivity index (χ0) is 12.0. The number of likely N-dealkylation sites (tertiary alicyclic amines) is 1. The molecule has 1 atom stereocenters. The third-order valence-corrected chi connectivity index (χ3v) is 2.87. The molecule has 1 saturated heterocycles. The number of hydrogen-bond donors (Lipinski definition) is 0. The van der Waals surface area contributed by atoms with E-state index in [9.17, 15) is 4.79 Å². The van der Waals surface area contributed by atoms with Crippen LogP contribution in [0.4, 0.5) is 0 Å². The topological polar surface area (TPSA) is 38.8 Å². The van der Waals surface area contributed by atoms with E-state index in [0.29, 0.717) is 25.4 Å². The Kier molecular flexibility index (Phi) is 5.95. The van der Waals surface area contributed by atoms with Crippen molar-refractivity contribution in [1.82, 2.24) is 4.90 Å². The number of Topliss-reactive ketones (excluding diaryl/α,β-unsaturated/α-hetero) is 1. The molecule has 1 aliphatic heterocycles. The molecule has 0 aromatic heterocycles. The minimum absolute atomic E-state index is 0.151. The van der Waals surface area contributed by atoms with E-state index in [1.807, 2.05) is 20.8 Å². The van der Waals surface area contributed by atoms with Crippen LogP contribution in [-0.4, -0.2) is 49.8 Å². The van der Waals surface area contributed by atoms with Gasteiger partial charge in [0.2, 0.25) is 0 Å². The Balaban J connectivity index is 2.36. The van der Waals surface area contributed by atoms with Crippen LogP contribution in [0.3, 0.4) is 0 Å². The third kappa shape index (κ3) is 4.20. The summed E-state index contributed by atoms with van der Waals surface area (Å²) >= 11 is 0. The number of rotatable bonds is 6. The lowest BCUT2D eigenvalue weighted by Crippen LogP contribution is -2.44. The van der Waals surface area contributed by atoms with Crippen molar-refractivity contribution < 1.29 is 14.3 Å². The summed E-state index contributed by atoms with van der Waals surface area (Å²) in [5.74, 6) is 0.526. The Morgan fingerprint density at radius 2 is 2.00 bits per heavy atom. The van der Waals surface area contributed by atoms with E-state index in [0.717, 1.165) is 19.6 Å². The standard InChI is InChI=1S/C12H23NO3/c1-4-15-12(16-5-2)9-13-7-6-11(14)10(3)8-13/h10,12H,4-9H2,1-3H3. The van der Waals surface area contributed by atoms with E-state index in [1.54, 1.807) is 0 Å². The maximum absolute atomic E-state index is 11.4. The molecule has 94 valence electrons. The third-order valence-electron chi connectivity index (χ3n) is 2.87. The molecule has 1 heterocycles. The van der Waals surface area contributed by atoms with E-state index in [2.05, 4.69) is 4.90 Å². The van der Waals surface area contributed by atoms with E-state index in [1.165, 1.54) is 0 Å². The van der Waals surface area contributed by atoms with Crippen molar-refractivity contribution in [2.75, 3.05) is 32.8 Å². The molecule has 0 bridgehead atoms. The number of piperidine rings is 1. The number of ketones is 1. The van der Waals surface area contributed by atoms with Gasteiger partial charge in [0.1, 0.15) is 5.78 Å². The molecule has 0 spiro atoms. The van der Waals surface area contributed by atoms with Crippen molar-refractivity contribution in [3.63, 3.8) is 0 Å². The summed E-state index contributed by atoms with van der Waals surface area (Å²) in [5, 5.41) is 0. The maximum atomic E-state index is 11.4. The fourth-order valence-corrected chi connectivity index (χ4v) is 2.00. The average molecular weight is 229 g/mol. The highest BCUT2D eigenvalue weighted by atomic mass is 16.7. The lowest BCUT2D eigenvalue weighted by Gasteiger charge is -2.32. The molecule has 1 rings (SSSR count). The van der Waals surface area contributed by atoms with Crippen LogP contribution >= 0.6 is 0 Å². The predicted molar refractivity (Wildman–Crippen MR) is 62.3 cm³/mol. The molecule has 16 heavy (non-hydrogen) atoms. The molecule has 0 N–H and O–H groups in total. The lowest BCUT2D eigenvalue weighted by molar-refractivity contribution is -0.152. The normalized spacial score (nSPS) is 23.0. The molecule has 0 aromatic rings. The minimum Gasteiger partial charge on any atom is -0.352 e. The molecule has 1 aliphatic rings. The molecule has 4 heteroatoms. The summed E-state index contributed by atoms with van der Waals surface area (Å²) in [5.41, 5.74) is 0. The van der Waals surface area contributed by atoms with Crippen LogP contribution in [0.5, 0.6) is 0 Å². The average Bonchev–Trinajstić information content (AvgIpc) is 2.24. The quantitative estimate of drug-likeness (QED) is 0.643. The van der Waals surface area contributed by atoms with E-state index in [4.69, 9.17) is 9.47 Å². The molecule has 0 amide bonds. The maximum Gasteiger partial charge on any atom is 0.170 e. The van der Waals surface area contributed by atoms with Crippen molar-refractivity contribution in [3.8, 4) is 0 Å². The SMILES string of the molecule is CCOC(CN1CCC(=O)C(C)C1)OCC. The van der Waals surface area contributed by atoms with E-state index in [-0.39, 0.29) is 12.2 Å². The molecule has 1 unspecified atom stereocenters. The van der Waals surface area contributed by atoms with Gasteiger partial charge in [-0.25, -0.2) is 0 Å². The second kappa shape index (κ2) is 6.99.